The molecule has 0 atom stereocenters. The predicted octanol–water partition coefficient (Wildman–Crippen LogP) is 5.36. The van der Waals surface area contributed by atoms with Crippen LogP contribution in [0.2, 0.25) is 5.02 Å². The Hall–Kier alpha value is -3.29. The third-order valence-electron chi connectivity index (χ3n) is 6.41. The predicted molar refractivity (Wildman–Crippen MR) is 141 cm³/mol. The first-order chi connectivity index (χ1) is 16.9. The van der Waals surface area contributed by atoms with Gasteiger partial charge < -0.3 is 14.5 Å². The van der Waals surface area contributed by atoms with Crippen molar-refractivity contribution >= 4 is 43.7 Å². The molecule has 4 aromatic rings. The molecule has 1 aliphatic rings. The van der Waals surface area contributed by atoms with Crippen LogP contribution in [0.5, 0.6) is 5.75 Å². The van der Waals surface area contributed by atoms with Crippen molar-refractivity contribution in [3.05, 3.63) is 83.5 Å². The standard InChI is InChI=1S/C27H26ClN3O3S/c1-19-3-12-25-24(17-19)27(26(18-29-25)35(32,33)23-10-4-20(28)5-11-23)31-15-13-30(14-16-31)21-6-8-22(34-2)9-7-21/h3-12,17-18H,13-16H2,1-2H3. The lowest BCUT2D eigenvalue weighted by atomic mass is 10.1. The highest BCUT2D eigenvalue weighted by molar-refractivity contribution is 7.91. The second kappa shape index (κ2) is 9.40. The van der Waals surface area contributed by atoms with Crippen LogP contribution in [0.1, 0.15) is 5.56 Å². The van der Waals surface area contributed by atoms with Gasteiger partial charge in [0.05, 0.1) is 23.2 Å². The number of aryl methyl sites for hydroxylation is 1. The zero-order valence-electron chi connectivity index (χ0n) is 19.6. The van der Waals surface area contributed by atoms with Gasteiger partial charge in [0.1, 0.15) is 10.6 Å². The fraction of sp³-hybridized carbons (Fsp3) is 0.222. The number of benzene rings is 3. The van der Waals surface area contributed by atoms with Gasteiger partial charge in [-0.15, -0.1) is 0 Å². The first-order valence-corrected chi connectivity index (χ1v) is 13.3. The van der Waals surface area contributed by atoms with E-state index in [4.69, 9.17) is 16.3 Å². The Kier molecular flexibility index (Phi) is 6.30. The second-order valence-electron chi connectivity index (χ2n) is 8.62. The summed E-state index contributed by atoms with van der Waals surface area (Å²) in [6.45, 7) is 4.90. The number of hydrogen-bond acceptors (Lipinski definition) is 6. The van der Waals surface area contributed by atoms with Crippen molar-refractivity contribution in [2.45, 2.75) is 16.7 Å². The van der Waals surface area contributed by atoms with Gasteiger partial charge >= 0.3 is 0 Å². The second-order valence-corrected chi connectivity index (χ2v) is 11.0. The van der Waals surface area contributed by atoms with E-state index in [1.54, 1.807) is 31.4 Å². The molecule has 0 spiro atoms. The molecule has 6 nitrogen and oxygen atoms in total. The summed E-state index contributed by atoms with van der Waals surface area (Å²) >= 11 is 6.01. The van der Waals surface area contributed by atoms with Crippen molar-refractivity contribution in [1.82, 2.24) is 4.98 Å². The average molecular weight is 508 g/mol. The minimum Gasteiger partial charge on any atom is -0.497 e. The van der Waals surface area contributed by atoms with Crippen LogP contribution in [0, 0.1) is 6.92 Å². The van der Waals surface area contributed by atoms with Gasteiger partial charge in [0, 0.05) is 48.5 Å². The van der Waals surface area contributed by atoms with Crippen molar-refractivity contribution in [2.24, 2.45) is 0 Å². The molecule has 1 fully saturated rings. The van der Waals surface area contributed by atoms with Crippen LogP contribution >= 0.6 is 11.6 Å². The van der Waals surface area contributed by atoms with Crippen molar-refractivity contribution in [1.29, 1.82) is 0 Å². The zero-order chi connectivity index (χ0) is 24.6. The third kappa shape index (κ3) is 4.54. The van der Waals surface area contributed by atoms with Crippen molar-refractivity contribution < 1.29 is 13.2 Å². The number of pyridine rings is 1. The molecule has 0 unspecified atom stereocenters. The topological polar surface area (TPSA) is 62.7 Å². The van der Waals surface area contributed by atoms with E-state index in [1.165, 1.54) is 6.20 Å². The Labute approximate surface area is 210 Å². The number of anilines is 2. The first kappa shape index (κ1) is 23.5. The SMILES string of the molecule is COc1ccc(N2CCN(c3c(S(=O)(=O)c4ccc(Cl)cc4)cnc4ccc(C)cc34)CC2)cc1. The number of methoxy groups -OCH3 is 1. The van der Waals surface area contributed by atoms with Crippen molar-refractivity contribution in [3.8, 4) is 5.75 Å². The molecule has 2 heterocycles. The van der Waals surface area contributed by atoms with E-state index in [-0.39, 0.29) is 9.79 Å². The Balaban J connectivity index is 1.54. The number of nitrogens with zero attached hydrogens (tertiary/aromatic N) is 3. The molecule has 1 aliphatic heterocycles. The summed E-state index contributed by atoms with van der Waals surface area (Å²) < 4.78 is 32.8. The summed E-state index contributed by atoms with van der Waals surface area (Å²) in [7, 11) is -2.15. The average Bonchev–Trinajstić information content (AvgIpc) is 2.88. The number of rotatable bonds is 5. The summed E-state index contributed by atoms with van der Waals surface area (Å²) in [4.78, 5) is 9.41. The lowest BCUT2D eigenvalue weighted by molar-refractivity contribution is 0.415. The van der Waals surface area contributed by atoms with Gasteiger partial charge in [-0.05, 0) is 67.6 Å². The molecule has 0 aliphatic carbocycles. The van der Waals surface area contributed by atoms with E-state index >= 15 is 0 Å². The molecule has 35 heavy (non-hydrogen) atoms. The van der Waals surface area contributed by atoms with Crippen LogP contribution in [0.25, 0.3) is 10.9 Å². The van der Waals surface area contributed by atoms with E-state index in [1.807, 2.05) is 37.3 Å². The Morgan fingerprint density at radius 1 is 0.886 bits per heavy atom. The number of sulfone groups is 1. The molecule has 1 aromatic heterocycles. The van der Waals surface area contributed by atoms with Gasteiger partial charge in [-0.3, -0.25) is 4.98 Å². The zero-order valence-corrected chi connectivity index (χ0v) is 21.2. The minimum atomic E-state index is -3.80. The van der Waals surface area contributed by atoms with E-state index in [0.29, 0.717) is 23.8 Å². The molecule has 8 heteroatoms. The molecule has 0 bridgehead atoms. The number of hydrogen-bond donors (Lipinski definition) is 0. The highest BCUT2D eigenvalue weighted by Gasteiger charge is 2.29. The number of aromatic nitrogens is 1. The maximum absolute atomic E-state index is 13.8. The molecule has 0 N–H and O–H groups in total. The normalized spacial score (nSPS) is 14.4. The molecule has 0 radical (unpaired) electrons. The van der Waals surface area contributed by atoms with Crippen molar-refractivity contribution in [3.63, 3.8) is 0 Å². The lowest BCUT2D eigenvalue weighted by Gasteiger charge is -2.38. The Bertz CT molecular complexity index is 1460. The van der Waals surface area contributed by atoms with Gasteiger partial charge in [0.25, 0.3) is 0 Å². The van der Waals surface area contributed by atoms with Crippen LogP contribution in [0.3, 0.4) is 0 Å². The van der Waals surface area contributed by atoms with Gasteiger partial charge in [0.15, 0.2) is 0 Å². The molecule has 5 rings (SSSR count). The van der Waals surface area contributed by atoms with Crippen LogP contribution < -0.4 is 14.5 Å². The quantitative estimate of drug-likeness (QED) is 0.362. The van der Waals surface area contributed by atoms with Crippen molar-refractivity contribution in [2.75, 3.05) is 43.1 Å². The summed E-state index contributed by atoms with van der Waals surface area (Å²) in [6, 6.07) is 20.3. The van der Waals surface area contributed by atoms with Gasteiger partial charge in [-0.1, -0.05) is 23.2 Å². The fourth-order valence-electron chi connectivity index (χ4n) is 4.52. The fourth-order valence-corrected chi connectivity index (χ4v) is 6.08. The first-order valence-electron chi connectivity index (χ1n) is 11.4. The lowest BCUT2D eigenvalue weighted by Crippen LogP contribution is -2.47. The van der Waals surface area contributed by atoms with Gasteiger partial charge in [-0.2, -0.15) is 0 Å². The monoisotopic (exact) mass is 507 g/mol. The highest BCUT2D eigenvalue weighted by atomic mass is 35.5. The van der Waals surface area contributed by atoms with E-state index in [9.17, 15) is 8.42 Å². The summed E-state index contributed by atoms with van der Waals surface area (Å²) in [5, 5.41) is 1.34. The largest absolute Gasteiger partial charge is 0.497 e. The molecule has 180 valence electrons. The van der Waals surface area contributed by atoms with Gasteiger partial charge in [-0.25, -0.2) is 8.42 Å². The van der Waals surface area contributed by atoms with Crippen LogP contribution in [0.4, 0.5) is 11.4 Å². The number of halogens is 1. The highest BCUT2D eigenvalue weighted by Crippen LogP contribution is 2.37. The van der Waals surface area contributed by atoms with E-state index < -0.39 is 9.84 Å². The summed E-state index contributed by atoms with van der Waals surface area (Å²) in [5.74, 6) is 0.822. The maximum Gasteiger partial charge on any atom is 0.210 e. The number of fused-ring (bicyclic) bond motifs is 1. The molecule has 1 saturated heterocycles. The molecule has 0 saturated carbocycles. The Morgan fingerprint density at radius 3 is 2.20 bits per heavy atom. The maximum atomic E-state index is 13.8. The number of ether oxygens (including phenoxy) is 1. The van der Waals surface area contributed by atoms with Crippen LogP contribution in [0.15, 0.2) is 82.7 Å². The molecular weight excluding hydrogens is 482 g/mol. The minimum absolute atomic E-state index is 0.203. The summed E-state index contributed by atoms with van der Waals surface area (Å²) in [6.07, 6.45) is 1.49. The molecular formula is C27H26ClN3O3S. The Morgan fingerprint density at radius 2 is 1.54 bits per heavy atom. The third-order valence-corrected chi connectivity index (χ3v) is 8.43. The van der Waals surface area contributed by atoms with E-state index in [2.05, 4.69) is 26.9 Å². The van der Waals surface area contributed by atoms with Crippen LogP contribution in [-0.2, 0) is 9.84 Å². The molecule has 0 amide bonds. The smallest absolute Gasteiger partial charge is 0.210 e. The summed E-state index contributed by atoms with van der Waals surface area (Å²) in [5.41, 5.74) is 3.66. The van der Waals surface area contributed by atoms with E-state index in [0.717, 1.165) is 41.0 Å². The molecule has 3 aromatic carbocycles. The van der Waals surface area contributed by atoms with Crippen LogP contribution in [-0.4, -0.2) is 46.7 Å². The number of piperazine rings is 1. The van der Waals surface area contributed by atoms with Gasteiger partial charge in [0.2, 0.25) is 9.84 Å².